The minimum absolute atomic E-state index is 0.315. The zero-order chi connectivity index (χ0) is 22.8. The number of carbonyl (C=O) groups is 1. The smallest absolute Gasteiger partial charge is 0.346 e. The standard InChI is InChI=1S/C26H20F3NO2/c1-2-3-4-5-15-6-7-18-16(10-15)11-21-19(18)8-9-20(25(21)29)26(31)32-17-12-23(27)22(14-30)24(28)13-17/h6-10,12-13H,2-5,11H2,1H3. The lowest BCUT2D eigenvalue weighted by atomic mass is 10.00. The lowest BCUT2D eigenvalue weighted by Crippen LogP contribution is -2.12. The van der Waals surface area contributed by atoms with Crippen molar-refractivity contribution in [2.75, 3.05) is 0 Å². The summed E-state index contributed by atoms with van der Waals surface area (Å²) in [4.78, 5) is 12.5. The summed E-state index contributed by atoms with van der Waals surface area (Å²) in [5.74, 6) is -4.52. The van der Waals surface area contributed by atoms with Crippen molar-refractivity contribution in [1.29, 1.82) is 5.26 Å². The van der Waals surface area contributed by atoms with Gasteiger partial charge in [0.15, 0.2) is 0 Å². The Morgan fingerprint density at radius 1 is 1.03 bits per heavy atom. The zero-order valence-corrected chi connectivity index (χ0v) is 17.5. The second-order valence-corrected chi connectivity index (χ2v) is 7.84. The highest BCUT2D eigenvalue weighted by atomic mass is 19.1. The Labute approximate surface area is 184 Å². The summed E-state index contributed by atoms with van der Waals surface area (Å²) in [6.45, 7) is 2.15. The van der Waals surface area contributed by atoms with Crippen molar-refractivity contribution in [1.82, 2.24) is 0 Å². The Hall–Kier alpha value is -3.59. The van der Waals surface area contributed by atoms with Crippen molar-refractivity contribution < 1.29 is 22.7 Å². The van der Waals surface area contributed by atoms with Crippen LogP contribution in [0.4, 0.5) is 13.2 Å². The highest BCUT2D eigenvalue weighted by Gasteiger charge is 2.27. The normalized spacial score (nSPS) is 11.6. The number of unbranched alkanes of at least 4 members (excludes halogenated alkanes) is 2. The van der Waals surface area contributed by atoms with E-state index in [0.29, 0.717) is 12.0 Å². The van der Waals surface area contributed by atoms with E-state index in [9.17, 15) is 13.6 Å². The van der Waals surface area contributed by atoms with E-state index in [1.165, 1.54) is 17.7 Å². The second kappa shape index (κ2) is 8.88. The minimum Gasteiger partial charge on any atom is -0.423 e. The monoisotopic (exact) mass is 435 g/mol. The van der Waals surface area contributed by atoms with Gasteiger partial charge in [-0.05, 0) is 41.2 Å². The molecule has 3 aromatic carbocycles. The Balaban J connectivity index is 1.58. The number of halogens is 3. The number of ether oxygens (including phenoxy) is 1. The van der Waals surface area contributed by atoms with Crippen LogP contribution in [0.15, 0.2) is 42.5 Å². The van der Waals surface area contributed by atoms with Gasteiger partial charge in [0.1, 0.15) is 34.8 Å². The second-order valence-electron chi connectivity index (χ2n) is 7.84. The van der Waals surface area contributed by atoms with Crippen molar-refractivity contribution in [3.63, 3.8) is 0 Å². The molecular formula is C26H20F3NO2. The third-order valence-corrected chi connectivity index (χ3v) is 5.70. The van der Waals surface area contributed by atoms with Crippen molar-refractivity contribution in [2.24, 2.45) is 0 Å². The molecule has 0 aromatic heterocycles. The molecule has 0 atom stereocenters. The number of hydrogen-bond acceptors (Lipinski definition) is 3. The van der Waals surface area contributed by atoms with Crippen molar-refractivity contribution in [3.05, 3.63) is 87.7 Å². The third-order valence-electron chi connectivity index (χ3n) is 5.70. The number of aryl methyl sites for hydroxylation is 1. The van der Waals surface area contributed by atoms with Gasteiger partial charge in [-0.3, -0.25) is 0 Å². The van der Waals surface area contributed by atoms with E-state index in [2.05, 4.69) is 19.1 Å². The molecule has 0 N–H and O–H groups in total. The molecule has 0 radical (unpaired) electrons. The molecule has 0 bridgehead atoms. The topological polar surface area (TPSA) is 50.1 Å². The molecule has 0 heterocycles. The first kappa shape index (κ1) is 21.6. The average Bonchev–Trinajstić information content (AvgIpc) is 3.13. The van der Waals surface area contributed by atoms with Crippen LogP contribution in [-0.4, -0.2) is 5.97 Å². The highest BCUT2D eigenvalue weighted by molar-refractivity contribution is 5.93. The van der Waals surface area contributed by atoms with Gasteiger partial charge >= 0.3 is 5.97 Å². The van der Waals surface area contributed by atoms with Crippen LogP contribution < -0.4 is 4.74 Å². The van der Waals surface area contributed by atoms with Gasteiger partial charge in [0.2, 0.25) is 0 Å². The van der Waals surface area contributed by atoms with Crippen molar-refractivity contribution >= 4 is 5.97 Å². The summed E-state index contributed by atoms with van der Waals surface area (Å²) in [5, 5.41) is 8.73. The van der Waals surface area contributed by atoms with Gasteiger partial charge in [-0.2, -0.15) is 5.26 Å². The summed E-state index contributed by atoms with van der Waals surface area (Å²) >= 11 is 0. The lowest BCUT2D eigenvalue weighted by molar-refractivity contribution is 0.0729. The van der Waals surface area contributed by atoms with Crippen LogP contribution in [0, 0.1) is 28.8 Å². The average molecular weight is 435 g/mol. The third kappa shape index (κ3) is 3.99. The maximum Gasteiger partial charge on any atom is 0.346 e. The van der Waals surface area contributed by atoms with E-state index in [1.807, 2.05) is 6.07 Å². The molecule has 0 saturated carbocycles. The summed E-state index contributed by atoms with van der Waals surface area (Å²) in [7, 11) is 0. The Kier molecular flexibility index (Phi) is 6.00. The quantitative estimate of drug-likeness (QED) is 0.197. The van der Waals surface area contributed by atoms with Crippen LogP contribution in [0.2, 0.25) is 0 Å². The first-order chi connectivity index (χ1) is 15.4. The van der Waals surface area contributed by atoms with Crippen LogP contribution in [0.1, 0.15) is 58.8 Å². The molecule has 1 aliphatic carbocycles. The van der Waals surface area contributed by atoms with Crippen LogP contribution in [0.5, 0.6) is 5.75 Å². The fourth-order valence-electron chi connectivity index (χ4n) is 4.06. The van der Waals surface area contributed by atoms with E-state index in [0.717, 1.165) is 54.5 Å². The summed E-state index contributed by atoms with van der Waals surface area (Å²) in [6, 6.07) is 11.9. The molecular weight excluding hydrogens is 415 g/mol. The van der Waals surface area contributed by atoms with E-state index in [4.69, 9.17) is 10.00 Å². The van der Waals surface area contributed by atoms with Crippen LogP contribution in [-0.2, 0) is 12.8 Å². The van der Waals surface area contributed by atoms with Crippen molar-refractivity contribution in [3.8, 4) is 22.9 Å². The lowest BCUT2D eigenvalue weighted by Gasteiger charge is -2.09. The number of hydrogen-bond donors (Lipinski definition) is 0. The molecule has 0 unspecified atom stereocenters. The van der Waals surface area contributed by atoms with E-state index in [1.54, 1.807) is 6.07 Å². The first-order valence-electron chi connectivity index (χ1n) is 10.5. The molecule has 4 rings (SSSR count). The predicted molar refractivity (Wildman–Crippen MR) is 114 cm³/mol. The summed E-state index contributed by atoms with van der Waals surface area (Å²) in [5.41, 5.74) is 3.19. The molecule has 32 heavy (non-hydrogen) atoms. The van der Waals surface area contributed by atoms with E-state index >= 15 is 4.39 Å². The number of nitrogens with zero attached hydrogens (tertiary/aromatic N) is 1. The van der Waals surface area contributed by atoms with Gasteiger partial charge < -0.3 is 4.74 Å². The van der Waals surface area contributed by atoms with Crippen LogP contribution in [0.25, 0.3) is 11.1 Å². The molecule has 1 aliphatic rings. The number of esters is 1. The highest BCUT2D eigenvalue weighted by Crippen LogP contribution is 2.39. The van der Waals surface area contributed by atoms with Gasteiger partial charge in [0.25, 0.3) is 0 Å². The minimum atomic E-state index is -1.16. The Bertz CT molecular complexity index is 1240. The Morgan fingerprint density at radius 3 is 2.44 bits per heavy atom. The maximum atomic E-state index is 15.2. The van der Waals surface area contributed by atoms with Gasteiger partial charge in [0, 0.05) is 24.1 Å². The molecule has 3 aromatic rings. The molecule has 0 fully saturated rings. The molecule has 162 valence electrons. The fourth-order valence-corrected chi connectivity index (χ4v) is 4.06. The Morgan fingerprint density at radius 2 is 1.75 bits per heavy atom. The van der Waals surface area contributed by atoms with Crippen LogP contribution in [0.3, 0.4) is 0 Å². The number of fused-ring (bicyclic) bond motifs is 3. The summed E-state index contributed by atoms with van der Waals surface area (Å²) in [6.07, 6.45) is 4.73. The maximum absolute atomic E-state index is 15.2. The van der Waals surface area contributed by atoms with Gasteiger partial charge in [-0.1, -0.05) is 44.0 Å². The molecule has 3 nitrogen and oxygen atoms in total. The van der Waals surface area contributed by atoms with Gasteiger partial charge in [0.05, 0.1) is 5.56 Å². The zero-order valence-electron chi connectivity index (χ0n) is 17.5. The van der Waals surface area contributed by atoms with Crippen molar-refractivity contribution in [2.45, 2.75) is 39.0 Å². The van der Waals surface area contributed by atoms with Crippen LogP contribution >= 0.6 is 0 Å². The fraction of sp³-hybridized carbons (Fsp3) is 0.231. The van der Waals surface area contributed by atoms with Gasteiger partial charge in [-0.15, -0.1) is 0 Å². The largest absolute Gasteiger partial charge is 0.423 e. The SMILES string of the molecule is CCCCCc1ccc2c(c1)Cc1c-2ccc(C(=O)Oc2cc(F)c(C#N)c(F)c2)c1F. The first-order valence-corrected chi connectivity index (χ1v) is 10.5. The molecule has 0 amide bonds. The molecule has 6 heteroatoms. The molecule has 0 saturated heterocycles. The summed E-state index contributed by atoms with van der Waals surface area (Å²) < 4.78 is 47.8. The molecule has 0 aliphatic heterocycles. The number of benzene rings is 3. The van der Waals surface area contributed by atoms with Gasteiger partial charge in [-0.25, -0.2) is 18.0 Å². The van der Waals surface area contributed by atoms with E-state index < -0.39 is 34.7 Å². The number of nitriles is 1. The number of carbonyl (C=O) groups excluding carboxylic acids is 1. The van der Waals surface area contributed by atoms with E-state index in [-0.39, 0.29) is 5.56 Å². The number of rotatable bonds is 6. The predicted octanol–water partition coefficient (Wildman–Crippen LogP) is 6.50. The molecule has 0 spiro atoms.